The van der Waals surface area contributed by atoms with Crippen LogP contribution in [-0.2, 0) is 19.0 Å². The molecule has 2 unspecified atom stereocenters. The van der Waals surface area contributed by atoms with Crippen LogP contribution in [0.25, 0.3) is 16.7 Å². The van der Waals surface area contributed by atoms with Crippen molar-refractivity contribution < 1.29 is 19.0 Å². The number of amides is 1. The Kier molecular flexibility index (Phi) is 5.42. The fraction of sp³-hybridized carbons (Fsp3) is 0.346. The van der Waals surface area contributed by atoms with Crippen molar-refractivity contribution in [1.82, 2.24) is 19.0 Å². The number of pyridine rings is 1. The van der Waals surface area contributed by atoms with Gasteiger partial charge in [0.25, 0.3) is 5.91 Å². The lowest BCUT2D eigenvalue weighted by atomic mass is 10.1. The zero-order chi connectivity index (χ0) is 24.8. The molecule has 3 atom stereocenters. The van der Waals surface area contributed by atoms with Crippen molar-refractivity contribution in [2.75, 3.05) is 25.6 Å². The Morgan fingerprint density at radius 3 is 3.00 bits per heavy atom. The van der Waals surface area contributed by atoms with Gasteiger partial charge >= 0.3 is 5.69 Å². The number of fused-ring (bicyclic) bond motifs is 2. The van der Waals surface area contributed by atoms with Crippen molar-refractivity contribution in [2.24, 2.45) is 0 Å². The molecule has 2 fully saturated rings. The molecule has 1 amide bonds. The van der Waals surface area contributed by atoms with Gasteiger partial charge in [-0.15, -0.1) is 6.42 Å². The molecule has 2 aromatic heterocycles. The summed E-state index contributed by atoms with van der Waals surface area (Å²) in [5.41, 5.74) is 7.93. The first-order valence-corrected chi connectivity index (χ1v) is 11.9. The molecule has 10 heteroatoms. The van der Waals surface area contributed by atoms with E-state index in [9.17, 15) is 9.59 Å². The molecule has 0 saturated carbocycles. The Morgan fingerprint density at radius 1 is 1.31 bits per heavy atom. The fourth-order valence-corrected chi connectivity index (χ4v) is 5.21. The van der Waals surface area contributed by atoms with Crippen LogP contribution in [0.15, 0.2) is 59.0 Å². The van der Waals surface area contributed by atoms with Crippen LogP contribution in [0.2, 0.25) is 0 Å². The number of carbonyl (C=O) groups is 1. The van der Waals surface area contributed by atoms with Crippen molar-refractivity contribution in [3.63, 3.8) is 0 Å². The number of hydrogen-bond donors (Lipinski definition) is 1. The molecular formula is C26H25N5O5. The molecule has 4 heterocycles. The maximum Gasteiger partial charge on any atom is 0.334 e. The number of rotatable bonds is 4. The Labute approximate surface area is 206 Å². The van der Waals surface area contributed by atoms with Crippen LogP contribution in [0.3, 0.4) is 0 Å². The highest BCUT2D eigenvalue weighted by molar-refractivity contribution is 5.93. The molecule has 2 N–H and O–H groups in total. The lowest BCUT2D eigenvalue weighted by Crippen LogP contribution is -2.31. The van der Waals surface area contributed by atoms with Crippen molar-refractivity contribution in [2.45, 2.75) is 37.5 Å². The Hall–Kier alpha value is -4.23. The molecule has 0 aromatic carbocycles. The second-order valence-electron chi connectivity index (χ2n) is 9.08. The van der Waals surface area contributed by atoms with Gasteiger partial charge in [-0.3, -0.25) is 13.9 Å². The summed E-state index contributed by atoms with van der Waals surface area (Å²) in [7, 11) is 0. The zero-order valence-electron chi connectivity index (χ0n) is 19.5. The van der Waals surface area contributed by atoms with E-state index in [0.717, 1.165) is 11.5 Å². The molecule has 0 radical (unpaired) electrons. The second-order valence-corrected chi connectivity index (χ2v) is 9.08. The molecule has 10 nitrogen and oxygen atoms in total. The van der Waals surface area contributed by atoms with Crippen LogP contribution in [0.1, 0.15) is 25.3 Å². The lowest BCUT2D eigenvalue weighted by Gasteiger charge is -2.21. The quantitative estimate of drug-likeness (QED) is 0.656. The number of anilines is 1. The van der Waals surface area contributed by atoms with E-state index in [2.05, 4.69) is 10.9 Å². The zero-order valence-corrected chi connectivity index (χ0v) is 19.5. The van der Waals surface area contributed by atoms with E-state index < -0.39 is 0 Å². The molecule has 0 spiro atoms. The summed E-state index contributed by atoms with van der Waals surface area (Å²) < 4.78 is 20.4. The van der Waals surface area contributed by atoms with Crippen LogP contribution in [-0.4, -0.2) is 57.0 Å². The largest absolute Gasteiger partial charge is 0.486 e. The molecule has 2 aromatic rings. The van der Waals surface area contributed by atoms with Gasteiger partial charge in [0.2, 0.25) is 0 Å². The van der Waals surface area contributed by atoms with Gasteiger partial charge < -0.3 is 24.8 Å². The van der Waals surface area contributed by atoms with E-state index >= 15 is 0 Å². The van der Waals surface area contributed by atoms with Gasteiger partial charge in [0.15, 0.2) is 6.79 Å². The highest BCUT2D eigenvalue weighted by Crippen LogP contribution is 2.31. The molecule has 2 aliphatic heterocycles. The third kappa shape index (κ3) is 3.69. The minimum atomic E-state index is -0.370. The standard InChI is InChI=1S/C26H25N5O5/c1-2-23(32)29-12-10-17(14-29)30-20-9-11-28-25(27)24(20)31(26(30)33)16-3-5-18(6-4-16)36-19-7-8-21-22(13-19)35-15-34-21/h1,3-5,7,9,11,13,17-18,21H,6,8,10,12,14-15H2,(H2,27,28)/t17-,18?,21?/m1/s1. The van der Waals surface area contributed by atoms with E-state index in [0.29, 0.717) is 49.1 Å². The molecule has 4 aliphatic rings. The first-order valence-electron chi connectivity index (χ1n) is 11.9. The number of carbonyl (C=O) groups excluding carboxylic acids is 1. The third-order valence-corrected chi connectivity index (χ3v) is 6.97. The normalized spacial score (nSPS) is 25.0. The SMILES string of the molecule is C#CC(=O)N1CC[C@@H](n2c(=O)n(C3=CCC(OC4=CCC5OCOC5=C4)C=C3)c3c(N)nccc32)C1. The summed E-state index contributed by atoms with van der Waals surface area (Å²) in [6, 6.07) is 1.57. The number of aromatic nitrogens is 3. The number of imidazole rings is 1. The van der Waals surface area contributed by atoms with Crippen LogP contribution in [0.4, 0.5) is 5.82 Å². The van der Waals surface area contributed by atoms with E-state index in [1.165, 1.54) is 0 Å². The molecule has 2 saturated heterocycles. The smallest absolute Gasteiger partial charge is 0.334 e. The van der Waals surface area contributed by atoms with Gasteiger partial charge in [-0.1, -0.05) is 6.08 Å². The number of nitrogen functional groups attached to an aromatic ring is 1. The lowest BCUT2D eigenvalue weighted by molar-refractivity contribution is -0.124. The predicted octanol–water partition coefficient (Wildman–Crippen LogP) is 1.92. The molecular weight excluding hydrogens is 462 g/mol. The Balaban J connectivity index is 1.28. The average Bonchev–Trinajstić information content (AvgIpc) is 3.62. The van der Waals surface area contributed by atoms with Crippen LogP contribution in [0.5, 0.6) is 0 Å². The van der Waals surface area contributed by atoms with Crippen LogP contribution < -0.4 is 11.4 Å². The fourth-order valence-electron chi connectivity index (χ4n) is 5.21. The molecule has 0 bridgehead atoms. The first-order chi connectivity index (χ1) is 17.5. The van der Waals surface area contributed by atoms with Gasteiger partial charge in [-0.2, -0.15) is 0 Å². The highest BCUT2D eigenvalue weighted by atomic mass is 16.7. The van der Waals surface area contributed by atoms with Crippen LogP contribution >= 0.6 is 0 Å². The first kappa shape index (κ1) is 22.2. The molecule has 2 aliphatic carbocycles. The average molecular weight is 488 g/mol. The molecule has 6 rings (SSSR count). The third-order valence-electron chi connectivity index (χ3n) is 6.97. The number of nitrogens with zero attached hydrogens (tertiary/aromatic N) is 4. The number of terminal acetylenes is 1. The van der Waals surface area contributed by atoms with Crippen molar-refractivity contribution in [1.29, 1.82) is 0 Å². The van der Waals surface area contributed by atoms with E-state index in [1.54, 1.807) is 26.3 Å². The summed E-state index contributed by atoms with van der Waals surface area (Å²) in [6.07, 6.45) is 18.2. The van der Waals surface area contributed by atoms with E-state index in [1.807, 2.05) is 30.4 Å². The summed E-state index contributed by atoms with van der Waals surface area (Å²) in [6.45, 7) is 1.14. The van der Waals surface area contributed by atoms with Gasteiger partial charge in [0.05, 0.1) is 11.6 Å². The summed E-state index contributed by atoms with van der Waals surface area (Å²) in [5.74, 6) is 3.58. The maximum absolute atomic E-state index is 13.7. The number of ether oxygens (including phenoxy) is 3. The number of allylic oxidation sites excluding steroid dienone is 3. The number of likely N-dealkylation sites (tertiary alicyclic amines) is 1. The van der Waals surface area contributed by atoms with Crippen molar-refractivity contribution in [3.05, 3.63) is 64.6 Å². The van der Waals surface area contributed by atoms with Gasteiger partial charge in [0.1, 0.15) is 35.1 Å². The maximum atomic E-state index is 13.7. The summed E-state index contributed by atoms with van der Waals surface area (Å²) in [5, 5.41) is 0. The monoisotopic (exact) mass is 487 g/mol. The highest BCUT2D eigenvalue weighted by Gasteiger charge is 2.31. The van der Waals surface area contributed by atoms with Crippen molar-refractivity contribution in [3.8, 4) is 12.3 Å². The van der Waals surface area contributed by atoms with Gasteiger partial charge in [-0.05, 0) is 36.6 Å². The summed E-state index contributed by atoms with van der Waals surface area (Å²) in [4.78, 5) is 31.5. The van der Waals surface area contributed by atoms with E-state index in [4.69, 9.17) is 26.4 Å². The number of hydrogen-bond acceptors (Lipinski definition) is 7. The van der Waals surface area contributed by atoms with Crippen molar-refractivity contribution >= 4 is 28.5 Å². The molecule has 184 valence electrons. The topological polar surface area (TPSA) is 114 Å². The summed E-state index contributed by atoms with van der Waals surface area (Å²) >= 11 is 0. The van der Waals surface area contributed by atoms with Crippen LogP contribution in [0, 0.1) is 12.3 Å². The molecule has 36 heavy (non-hydrogen) atoms. The minimum absolute atomic E-state index is 0.0226. The van der Waals surface area contributed by atoms with E-state index in [-0.39, 0.29) is 42.5 Å². The Morgan fingerprint density at radius 2 is 2.19 bits per heavy atom. The van der Waals surface area contributed by atoms with Gasteiger partial charge in [0, 0.05) is 43.9 Å². The Bertz CT molecular complexity index is 1470. The predicted molar refractivity (Wildman–Crippen MR) is 132 cm³/mol. The second kappa shape index (κ2) is 8.77. The number of nitrogens with two attached hydrogens (primary N) is 1. The van der Waals surface area contributed by atoms with Gasteiger partial charge in [-0.25, -0.2) is 9.78 Å². The minimum Gasteiger partial charge on any atom is -0.486 e.